The quantitative estimate of drug-likeness (QED) is 0.531. The number of fused-ring (bicyclic) bond motifs is 1. The van der Waals surface area contributed by atoms with Crippen LogP contribution in [0.2, 0.25) is 0 Å². The van der Waals surface area contributed by atoms with E-state index in [-0.39, 0.29) is 17.3 Å². The average molecular weight is 483 g/mol. The molecule has 1 heterocycles. The van der Waals surface area contributed by atoms with Gasteiger partial charge in [-0.15, -0.1) is 0 Å². The Bertz CT molecular complexity index is 1260. The second-order valence-corrected chi connectivity index (χ2v) is 9.52. The number of benzene rings is 3. The third-order valence-electron chi connectivity index (χ3n) is 5.53. The Balaban J connectivity index is 1.57. The van der Waals surface area contributed by atoms with Gasteiger partial charge in [-0.05, 0) is 36.2 Å². The summed E-state index contributed by atoms with van der Waals surface area (Å²) in [5, 5.41) is 2.85. The van der Waals surface area contributed by atoms with Gasteiger partial charge in [-0.25, -0.2) is 8.42 Å². The number of carbonyl (C=O) groups is 1. The molecule has 0 unspecified atom stereocenters. The number of amides is 1. The van der Waals surface area contributed by atoms with E-state index in [0.29, 0.717) is 35.9 Å². The highest BCUT2D eigenvalue weighted by atomic mass is 32.2. The van der Waals surface area contributed by atoms with Crippen molar-refractivity contribution in [3.05, 3.63) is 78.4 Å². The minimum absolute atomic E-state index is 0.0186. The van der Waals surface area contributed by atoms with Crippen molar-refractivity contribution in [2.24, 2.45) is 0 Å². The summed E-state index contributed by atoms with van der Waals surface area (Å²) < 4.78 is 44.8. The van der Waals surface area contributed by atoms with Crippen molar-refractivity contribution in [2.45, 2.75) is 17.4 Å². The molecular formula is C25H26N2O6S. The van der Waals surface area contributed by atoms with Crippen molar-refractivity contribution in [1.29, 1.82) is 0 Å². The van der Waals surface area contributed by atoms with E-state index < -0.39 is 16.1 Å². The van der Waals surface area contributed by atoms with Crippen LogP contribution in [0, 0.1) is 0 Å². The van der Waals surface area contributed by atoms with Crippen molar-refractivity contribution >= 4 is 21.6 Å². The fourth-order valence-corrected chi connectivity index (χ4v) is 5.25. The van der Waals surface area contributed by atoms with E-state index in [1.165, 1.54) is 36.7 Å². The topological polar surface area (TPSA) is 94.2 Å². The van der Waals surface area contributed by atoms with Crippen LogP contribution < -0.4 is 23.8 Å². The first-order chi connectivity index (χ1) is 16.4. The van der Waals surface area contributed by atoms with Crippen LogP contribution in [-0.4, -0.2) is 47.7 Å². The predicted molar refractivity (Wildman–Crippen MR) is 128 cm³/mol. The Kier molecular flexibility index (Phi) is 6.93. The second kappa shape index (κ2) is 10.0. The Morgan fingerprint density at radius 3 is 2.44 bits per heavy atom. The normalized spacial score (nSPS) is 15.1. The van der Waals surface area contributed by atoms with Crippen LogP contribution in [0.4, 0.5) is 5.69 Å². The number of rotatable bonds is 8. The van der Waals surface area contributed by atoms with E-state index in [1.807, 2.05) is 30.3 Å². The molecular weight excluding hydrogens is 456 g/mol. The van der Waals surface area contributed by atoms with Crippen LogP contribution in [-0.2, 0) is 21.2 Å². The third-order valence-corrected chi connectivity index (χ3v) is 7.30. The summed E-state index contributed by atoms with van der Waals surface area (Å²) in [5.74, 6) is 0.652. The zero-order valence-electron chi connectivity index (χ0n) is 18.9. The summed E-state index contributed by atoms with van der Waals surface area (Å²) in [6.45, 7) is 0.248. The van der Waals surface area contributed by atoms with Crippen LogP contribution in [0.3, 0.4) is 0 Å². The maximum Gasteiger partial charge on any atom is 0.264 e. The monoisotopic (exact) mass is 482 g/mol. The number of hydrogen-bond donors (Lipinski definition) is 1. The SMILES string of the molecule is COc1ccc(S(=O)(=O)N2C[C@@H](C(=O)NCCc3ccccc3)Oc3ccccc32)cc1OC. The maximum atomic E-state index is 13.6. The largest absolute Gasteiger partial charge is 0.493 e. The van der Waals surface area contributed by atoms with Crippen LogP contribution in [0.5, 0.6) is 17.2 Å². The standard InChI is InChI=1S/C25H26N2O6S/c1-31-22-13-12-19(16-23(22)32-2)34(29,30)27-17-24(33-21-11-7-6-10-20(21)27)25(28)26-15-14-18-8-4-3-5-9-18/h3-13,16,24H,14-15,17H2,1-2H3,(H,26,28)/t24-/m0/s1. The molecule has 9 heteroatoms. The van der Waals surface area contributed by atoms with Crippen molar-refractivity contribution in [3.63, 3.8) is 0 Å². The van der Waals surface area contributed by atoms with Crippen molar-refractivity contribution in [2.75, 3.05) is 31.6 Å². The molecule has 0 spiro atoms. The number of nitrogens with one attached hydrogen (secondary N) is 1. The van der Waals surface area contributed by atoms with Gasteiger partial charge >= 0.3 is 0 Å². The molecule has 0 saturated carbocycles. The fourth-order valence-electron chi connectivity index (χ4n) is 3.76. The number of ether oxygens (including phenoxy) is 3. The molecule has 8 nitrogen and oxygen atoms in total. The van der Waals surface area contributed by atoms with E-state index >= 15 is 0 Å². The highest BCUT2D eigenvalue weighted by molar-refractivity contribution is 7.92. The molecule has 0 radical (unpaired) electrons. The number of para-hydroxylation sites is 2. The highest BCUT2D eigenvalue weighted by Crippen LogP contribution is 2.38. The van der Waals surface area contributed by atoms with Gasteiger partial charge in [-0.1, -0.05) is 42.5 Å². The predicted octanol–water partition coefficient (Wildman–Crippen LogP) is 3.02. The van der Waals surface area contributed by atoms with Crippen molar-refractivity contribution < 1.29 is 27.4 Å². The maximum absolute atomic E-state index is 13.6. The van der Waals surface area contributed by atoms with Gasteiger partial charge in [0, 0.05) is 12.6 Å². The van der Waals surface area contributed by atoms with Crippen LogP contribution >= 0.6 is 0 Å². The number of nitrogens with zero attached hydrogens (tertiary/aromatic N) is 1. The number of methoxy groups -OCH3 is 2. The summed E-state index contributed by atoms with van der Waals surface area (Å²) in [5.41, 5.74) is 1.46. The van der Waals surface area contributed by atoms with Gasteiger partial charge in [0.2, 0.25) is 0 Å². The molecule has 0 aromatic heterocycles. The number of hydrogen-bond acceptors (Lipinski definition) is 6. The fraction of sp³-hybridized carbons (Fsp3) is 0.240. The lowest BCUT2D eigenvalue weighted by Crippen LogP contribution is -2.51. The Morgan fingerprint density at radius 2 is 1.71 bits per heavy atom. The molecule has 1 aliphatic heterocycles. The molecule has 1 aliphatic rings. The van der Waals surface area contributed by atoms with Crippen LogP contribution in [0.25, 0.3) is 0 Å². The van der Waals surface area contributed by atoms with E-state index in [0.717, 1.165) is 5.56 Å². The first kappa shape index (κ1) is 23.4. The lowest BCUT2D eigenvalue weighted by molar-refractivity contribution is -0.127. The molecule has 0 aliphatic carbocycles. The van der Waals surface area contributed by atoms with Crippen LogP contribution in [0.1, 0.15) is 5.56 Å². The van der Waals surface area contributed by atoms with E-state index in [1.54, 1.807) is 24.3 Å². The third kappa shape index (κ3) is 4.79. The molecule has 0 fully saturated rings. The Morgan fingerprint density at radius 1 is 1.00 bits per heavy atom. The van der Waals surface area contributed by atoms with Gasteiger partial charge in [0.1, 0.15) is 5.75 Å². The summed E-state index contributed by atoms with van der Waals surface area (Å²) >= 11 is 0. The molecule has 4 rings (SSSR count). The van der Waals surface area contributed by atoms with Gasteiger partial charge < -0.3 is 19.5 Å². The molecule has 3 aromatic carbocycles. The minimum atomic E-state index is -4.03. The molecule has 0 bridgehead atoms. The summed E-state index contributed by atoms with van der Waals surface area (Å²) in [4.78, 5) is 12.9. The van der Waals surface area contributed by atoms with Gasteiger partial charge in [0.25, 0.3) is 15.9 Å². The summed E-state index contributed by atoms with van der Waals surface area (Å²) in [7, 11) is -1.11. The Labute approximate surface area is 199 Å². The molecule has 1 atom stereocenters. The number of anilines is 1. The smallest absolute Gasteiger partial charge is 0.264 e. The molecule has 178 valence electrons. The van der Waals surface area contributed by atoms with E-state index in [2.05, 4.69) is 5.32 Å². The summed E-state index contributed by atoms with van der Waals surface area (Å²) in [6, 6.07) is 20.9. The van der Waals surface area contributed by atoms with Gasteiger partial charge in [-0.3, -0.25) is 9.10 Å². The lowest BCUT2D eigenvalue weighted by Gasteiger charge is -2.34. The zero-order chi connectivity index (χ0) is 24.1. The van der Waals surface area contributed by atoms with E-state index in [9.17, 15) is 13.2 Å². The summed E-state index contributed by atoms with van der Waals surface area (Å²) in [6.07, 6.45) is -0.343. The molecule has 1 N–H and O–H groups in total. The molecule has 0 saturated heterocycles. The van der Waals surface area contributed by atoms with Gasteiger partial charge in [0.15, 0.2) is 17.6 Å². The van der Waals surface area contributed by atoms with Gasteiger partial charge in [-0.2, -0.15) is 0 Å². The first-order valence-corrected chi connectivity index (χ1v) is 12.2. The van der Waals surface area contributed by atoms with Crippen LogP contribution in [0.15, 0.2) is 77.7 Å². The van der Waals surface area contributed by atoms with Crippen molar-refractivity contribution in [1.82, 2.24) is 5.32 Å². The minimum Gasteiger partial charge on any atom is -0.493 e. The number of carbonyl (C=O) groups excluding carboxylic acids is 1. The molecule has 3 aromatic rings. The average Bonchev–Trinajstić information content (AvgIpc) is 2.88. The lowest BCUT2D eigenvalue weighted by atomic mass is 10.1. The molecule has 34 heavy (non-hydrogen) atoms. The van der Waals surface area contributed by atoms with E-state index in [4.69, 9.17) is 14.2 Å². The number of sulfonamides is 1. The zero-order valence-corrected chi connectivity index (χ0v) is 19.7. The highest BCUT2D eigenvalue weighted by Gasteiger charge is 2.37. The van der Waals surface area contributed by atoms with Crippen molar-refractivity contribution in [3.8, 4) is 17.2 Å². The first-order valence-electron chi connectivity index (χ1n) is 10.8. The second-order valence-electron chi connectivity index (χ2n) is 7.65. The van der Waals surface area contributed by atoms with Gasteiger partial charge in [0.05, 0.1) is 31.3 Å². The molecule has 1 amide bonds. The Hall–Kier alpha value is -3.72.